The van der Waals surface area contributed by atoms with E-state index in [0.717, 1.165) is 19.3 Å². The summed E-state index contributed by atoms with van der Waals surface area (Å²) in [6, 6.07) is 0.419. The molecule has 98 valence electrons. The summed E-state index contributed by atoms with van der Waals surface area (Å²) in [6.45, 7) is 2.91. The van der Waals surface area contributed by atoms with Crippen molar-refractivity contribution in [3.8, 4) is 0 Å². The van der Waals surface area contributed by atoms with E-state index in [1.165, 1.54) is 25.7 Å². The van der Waals surface area contributed by atoms with Crippen LogP contribution in [0, 0.1) is 17.8 Å². The number of rotatable bonds is 3. The van der Waals surface area contributed by atoms with Gasteiger partial charge in [-0.25, -0.2) is 0 Å². The van der Waals surface area contributed by atoms with Crippen LogP contribution in [0.15, 0.2) is 0 Å². The van der Waals surface area contributed by atoms with Gasteiger partial charge in [-0.05, 0) is 44.1 Å². The summed E-state index contributed by atoms with van der Waals surface area (Å²) >= 11 is 0. The average molecular weight is 238 g/mol. The Morgan fingerprint density at radius 3 is 2.59 bits per heavy atom. The number of nitrogens with one attached hydrogen (secondary N) is 1. The molecule has 2 fully saturated rings. The largest absolute Gasteiger partial charge is 0.353 e. The minimum absolute atomic E-state index is 0.182. The highest BCUT2D eigenvalue weighted by atomic mass is 16.2. The Morgan fingerprint density at radius 1 is 1.18 bits per heavy atom. The van der Waals surface area contributed by atoms with Gasteiger partial charge >= 0.3 is 0 Å². The molecule has 0 bridgehead atoms. The molecule has 0 aliphatic heterocycles. The van der Waals surface area contributed by atoms with Gasteiger partial charge in [0, 0.05) is 12.0 Å². The number of nitrogens with two attached hydrogens (primary N) is 1. The fourth-order valence-corrected chi connectivity index (χ4v) is 3.48. The first kappa shape index (κ1) is 12.9. The molecule has 0 aromatic carbocycles. The SMILES string of the molecule is CC1CCCC1NC(=O)C1CCCCC1CN. The van der Waals surface area contributed by atoms with Crippen molar-refractivity contribution in [2.45, 2.75) is 57.9 Å². The molecule has 3 nitrogen and oxygen atoms in total. The van der Waals surface area contributed by atoms with Gasteiger partial charge in [0.15, 0.2) is 0 Å². The van der Waals surface area contributed by atoms with Crippen molar-refractivity contribution >= 4 is 5.91 Å². The molecule has 0 saturated heterocycles. The van der Waals surface area contributed by atoms with Crippen molar-refractivity contribution < 1.29 is 4.79 Å². The molecule has 2 aliphatic carbocycles. The first-order chi connectivity index (χ1) is 8.22. The molecule has 0 aromatic heterocycles. The molecular formula is C14H26N2O. The van der Waals surface area contributed by atoms with E-state index in [9.17, 15) is 4.79 Å². The van der Waals surface area contributed by atoms with E-state index in [1.54, 1.807) is 0 Å². The van der Waals surface area contributed by atoms with E-state index < -0.39 is 0 Å². The lowest BCUT2D eigenvalue weighted by Crippen LogP contribution is -2.44. The third-order valence-electron chi connectivity index (χ3n) is 4.74. The van der Waals surface area contributed by atoms with Crippen LogP contribution in [0.2, 0.25) is 0 Å². The third kappa shape index (κ3) is 3.01. The van der Waals surface area contributed by atoms with Crippen molar-refractivity contribution in [2.24, 2.45) is 23.5 Å². The molecule has 2 rings (SSSR count). The normalized spacial score (nSPS) is 38.0. The molecule has 17 heavy (non-hydrogen) atoms. The third-order valence-corrected chi connectivity index (χ3v) is 4.74. The summed E-state index contributed by atoms with van der Waals surface area (Å²) in [5.41, 5.74) is 5.79. The van der Waals surface area contributed by atoms with E-state index in [-0.39, 0.29) is 11.8 Å². The lowest BCUT2D eigenvalue weighted by molar-refractivity contribution is -0.128. The first-order valence-corrected chi connectivity index (χ1v) is 7.22. The maximum Gasteiger partial charge on any atom is 0.223 e. The van der Waals surface area contributed by atoms with Crippen molar-refractivity contribution in [1.82, 2.24) is 5.32 Å². The van der Waals surface area contributed by atoms with Crippen LogP contribution in [-0.4, -0.2) is 18.5 Å². The van der Waals surface area contributed by atoms with Crippen LogP contribution in [0.5, 0.6) is 0 Å². The van der Waals surface area contributed by atoms with Crippen molar-refractivity contribution in [3.05, 3.63) is 0 Å². The molecule has 0 spiro atoms. The van der Waals surface area contributed by atoms with E-state index in [2.05, 4.69) is 12.2 Å². The number of amides is 1. The minimum atomic E-state index is 0.182. The van der Waals surface area contributed by atoms with Gasteiger partial charge < -0.3 is 11.1 Å². The fourth-order valence-electron chi connectivity index (χ4n) is 3.48. The maximum absolute atomic E-state index is 12.3. The standard InChI is InChI=1S/C14H26N2O/c1-10-5-4-8-13(10)16-14(17)12-7-3-2-6-11(12)9-15/h10-13H,2-9,15H2,1H3,(H,16,17). The molecule has 4 unspecified atom stereocenters. The zero-order valence-electron chi connectivity index (χ0n) is 11.0. The van der Waals surface area contributed by atoms with Crippen LogP contribution in [0.25, 0.3) is 0 Å². The highest BCUT2D eigenvalue weighted by molar-refractivity contribution is 5.79. The average Bonchev–Trinajstić information content (AvgIpc) is 2.75. The summed E-state index contributed by atoms with van der Waals surface area (Å²) in [6.07, 6.45) is 8.28. The van der Waals surface area contributed by atoms with Gasteiger partial charge in [0.25, 0.3) is 0 Å². The molecule has 0 aromatic rings. The number of hydrogen-bond donors (Lipinski definition) is 2. The van der Waals surface area contributed by atoms with E-state index >= 15 is 0 Å². The van der Waals surface area contributed by atoms with Crippen LogP contribution >= 0.6 is 0 Å². The Balaban J connectivity index is 1.89. The van der Waals surface area contributed by atoms with Gasteiger partial charge in [-0.15, -0.1) is 0 Å². The number of hydrogen-bond acceptors (Lipinski definition) is 2. The quantitative estimate of drug-likeness (QED) is 0.790. The predicted molar refractivity (Wildman–Crippen MR) is 69.4 cm³/mol. The van der Waals surface area contributed by atoms with Gasteiger partial charge in [0.2, 0.25) is 5.91 Å². The summed E-state index contributed by atoms with van der Waals surface area (Å²) in [5.74, 6) is 1.53. The smallest absolute Gasteiger partial charge is 0.223 e. The zero-order valence-corrected chi connectivity index (χ0v) is 11.0. The second kappa shape index (κ2) is 5.85. The molecule has 3 N–H and O–H groups in total. The highest BCUT2D eigenvalue weighted by Crippen LogP contribution is 2.31. The number of carbonyl (C=O) groups is 1. The summed E-state index contributed by atoms with van der Waals surface area (Å²) in [7, 11) is 0. The zero-order chi connectivity index (χ0) is 12.3. The Kier molecular flexibility index (Phi) is 4.43. The molecule has 0 heterocycles. The molecule has 3 heteroatoms. The van der Waals surface area contributed by atoms with Gasteiger partial charge in [0.1, 0.15) is 0 Å². The molecule has 2 aliphatic rings. The van der Waals surface area contributed by atoms with Crippen LogP contribution in [0.1, 0.15) is 51.9 Å². The second-order valence-electron chi connectivity index (χ2n) is 5.91. The second-order valence-corrected chi connectivity index (χ2v) is 5.91. The van der Waals surface area contributed by atoms with Gasteiger partial charge in [-0.3, -0.25) is 4.79 Å². The highest BCUT2D eigenvalue weighted by Gasteiger charge is 2.32. The lowest BCUT2D eigenvalue weighted by atomic mass is 9.78. The monoisotopic (exact) mass is 238 g/mol. The topological polar surface area (TPSA) is 55.1 Å². The minimum Gasteiger partial charge on any atom is -0.353 e. The van der Waals surface area contributed by atoms with E-state index in [4.69, 9.17) is 5.73 Å². The van der Waals surface area contributed by atoms with Gasteiger partial charge in [0.05, 0.1) is 0 Å². The van der Waals surface area contributed by atoms with Crippen molar-refractivity contribution in [1.29, 1.82) is 0 Å². The Labute approximate surface area is 105 Å². The van der Waals surface area contributed by atoms with Crippen molar-refractivity contribution in [2.75, 3.05) is 6.54 Å². The van der Waals surface area contributed by atoms with Crippen LogP contribution in [-0.2, 0) is 4.79 Å². The van der Waals surface area contributed by atoms with E-state index in [0.29, 0.717) is 24.4 Å². The summed E-state index contributed by atoms with van der Waals surface area (Å²) in [5, 5.41) is 3.27. The Hall–Kier alpha value is -0.570. The van der Waals surface area contributed by atoms with Crippen molar-refractivity contribution in [3.63, 3.8) is 0 Å². The van der Waals surface area contributed by atoms with Crippen LogP contribution in [0.4, 0.5) is 0 Å². The fraction of sp³-hybridized carbons (Fsp3) is 0.929. The Morgan fingerprint density at radius 2 is 1.94 bits per heavy atom. The predicted octanol–water partition coefficient (Wildman–Crippen LogP) is 2.06. The Bertz CT molecular complexity index is 267. The number of carbonyl (C=O) groups excluding carboxylic acids is 1. The first-order valence-electron chi connectivity index (χ1n) is 7.22. The molecule has 1 amide bonds. The van der Waals surface area contributed by atoms with Crippen LogP contribution in [0.3, 0.4) is 0 Å². The van der Waals surface area contributed by atoms with Gasteiger partial charge in [-0.1, -0.05) is 26.2 Å². The molecule has 4 atom stereocenters. The summed E-state index contributed by atoms with van der Waals surface area (Å²) < 4.78 is 0. The maximum atomic E-state index is 12.3. The molecule has 2 saturated carbocycles. The lowest BCUT2D eigenvalue weighted by Gasteiger charge is -2.31. The molecular weight excluding hydrogens is 212 g/mol. The summed E-state index contributed by atoms with van der Waals surface area (Å²) in [4.78, 5) is 12.3. The van der Waals surface area contributed by atoms with Gasteiger partial charge in [-0.2, -0.15) is 0 Å². The molecule has 0 radical (unpaired) electrons. The van der Waals surface area contributed by atoms with E-state index in [1.807, 2.05) is 0 Å². The van der Waals surface area contributed by atoms with Crippen LogP contribution < -0.4 is 11.1 Å².